The topological polar surface area (TPSA) is 36.4 Å². The van der Waals surface area contributed by atoms with Crippen LogP contribution in [0.15, 0.2) is 24.5 Å². The lowest BCUT2D eigenvalue weighted by Crippen LogP contribution is -2.28. The highest BCUT2D eigenvalue weighted by Gasteiger charge is 2.13. The molecule has 1 rings (SSSR count). The van der Waals surface area contributed by atoms with Crippen LogP contribution in [0.5, 0.6) is 0 Å². The van der Waals surface area contributed by atoms with E-state index in [1.54, 1.807) is 12.4 Å². The Hall–Kier alpha value is -1.09. The number of pyridine rings is 1. The van der Waals surface area contributed by atoms with Crippen LogP contribution in [-0.4, -0.2) is 29.3 Å². The summed E-state index contributed by atoms with van der Waals surface area (Å²) < 4.78 is 0. The fourth-order valence-electron chi connectivity index (χ4n) is 1.17. The van der Waals surface area contributed by atoms with Gasteiger partial charge in [0.1, 0.15) is 0 Å². The molecule has 0 unspecified atom stereocenters. The maximum absolute atomic E-state index is 9.57. The number of aromatic nitrogens is 1. The van der Waals surface area contributed by atoms with Crippen molar-refractivity contribution in [2.45, 2.75) is 25.9 Å². The van der Waals surface area contributed by atoms with Crippen LogP contribution in [0.25, 0.3) is 0 Å². The number of anilines is 1. The lowest BCUT2D eigenvalue weighted by molar-refractivity contribution is 0.0734. The van der Waals surface area contributed by atoms with E-state index >= 15 is 0 Å². The van der Waals surface area contributed by atoms with E-state index in [1.807, 2.05) is 33.0 Å². The zero-order valence-corrected chi connectivity index (χ0v) is 9.07. The molecule has 0 radical (unpaired) electrons. The van der Waals surface area contributed by atoms with Gasteiger partial charge in [-0.3, -0.25) is 4.98 Å². The SMILES string of the molecule is CN(CCC(C)(C)O)c1ccncc1. The maximum Gasteiger partial charge on any atom is 0.0608 e. The third-order valence-electron chi connectivity index (χ3n) is 2.16. The molecule has 0 aromatic carbocycles. The van der Waals surface area contributed by atoms with E-state index in [-0.39, 0.29) is 0 Å². The summed E-state index contributed by atoms with van der Waals surface area (Å²) in [5, 5.41) is 9.57. The van der Waals surface area contributed by atoms with E-state index in [1.165, 1.54) is 0 Å². The highest BCUT2D eigenvalue weighted by atomic mass is 16.3. The van der Waals surface area contributed by atoms with Gasteiger partial charge in [-0.1, -0.05) is 0 Å². The van der Waals surface area contributed by atoms with Gasteiger partial charge < -0.3 is 10.0 Å². The Labute approximate surface area is 85.4 Å². The van der Waals surface area contributed by atoms with Crippen LogP contribution in [0.4, 0.5) is 5.69 Å². The Morgan fingerprint density at radius 3 is 2.43 bits per heavy atom. The van der Waals surface area contributed by atoms with Crippen LogP contribution in [0.1, 0.15) is 20.3 Å². The van der Waals surface area contributed by atoms with E-state index in [4.69, 9.17) is 0 Å². The molecule has 0 aliphatic heterocycles. The van der Waals surface area contributed by atoms with Crippen LogP contribution in [0, 0.1) is 0 Å². The lowest BCUT2D eigenvalue weighted by Gasteiger charge is -2.24. The molecule has 14 heavy (non-hydrogen) atoms. The molecule has 1 heterocycles. The molecule has 0 aliphatic carbocycles. The van der Waals surface area contributed by atoms with Crippen LogP contribution >= 0.6 is 0 Å². The normalized spacial score (nSPS) is 11.4. The van der Waals surface area contributed by atoms with Gasteiger partial charge >= 0.3 is 0 Å². The molecule has 0 spiro atoms. The summed E-state index contributed by atoms with van der Waals surface area (Å²) in [6, 6.07) is 3.93. The number of hydrogen-bond acceptors (Lipinski definition) is 3. The first kappa shape index (κ1) is 11.0. The van der Waals surface area contributed by atoms with E-state index in [2.05, 4.69) is 9.88 Å². The third-order valence-corrected chi connectivity index (χ3v) is 2.16. The van der Waals surface area contributed by atoms with Gasteiger partial charge in [0, 0.05) is 31.7 Å². The molecule has 1 aromatic heterocycles. The summed E-state index contributed by atoms with van der Waals surface area (Å²) in [6.45, 7) is 4.49. The fraction of sp³-hybridized carbons (Fsp3) is 0.545. The minimum Gasteiger partial charge on any atom is -0.390 e. The van der Waals surface area contributed by atoms with Crippen molar-refractivity contribution in [1.82, 2.24) is 4.98 Å². The maximum atomic E-state index is 9.57. The van der Waals surface area contributed by atoms with Gasteiger partial charge in [0.05, 0.1) is 5.60 Å². The quantitative estimate of drug-likeness (QED) is 0.792. The zero-order valence-electron chi connectivity index (χ0n) is 9.07. The Balaban J connectivity index is 2.48. The molecule has 0 fully saturated rings. The van der Waals surface area contributed by atoms with E-state index in [0.717, 1.165) is 18.7 Å². The molecular weight excluding hydrogens is 176 g/mol. The second kappa shape index (κ2) is 4.42. The van der Waals surface area contributed by atoms with Crippen molar-refractivity contribution in [3.63, 3.8) is 0 Å². The number of rotatable bonds is 4. The summed E-state index contributed by atoms with van der Waals surface area (Å²) in [5.41, 5.74) is 0.533. The van der Waals surface area contributed by atoms with Crippen molar-refractivity contribution in [3.05, 3.63) is 24.5 Å². The minimum atomic E-state index is -0.596. The van der Waals surface area contributed by atoms with Crippen LogP contribution in [-0.2, 0) is 0 Å². The van der Waals surface area contributed by atoms with Gasteiger partial charge in [0.2, 0.25) is 0 Å². The average molecular weight is 194 g/mol. The number of aliphatic hydroxyl groups is 1. The van der Waals surface area contributed by atoms with E-state index < -0.39 is 5.60 Å². The standard InChI is InChI=1S/C11H18N2O/c1-11(2,14)6-9-13(3)10-4-7-12-8-5-10/h4-5,7-8,14H,6,9H2,1-3H3. The lowest BCUT2D eigenvalue weighted by atomic mass is 10.1. The first-order valence-electron chi connectivity index (χ1n) is 4.82. The van der Waals surface area contributed by atoms with Crippen molar-refractivity contribution in [3.8, 4) is 0 Å². The fourth-order valence-corrected chi connectivity index (χ4v) is 1.17. The van der Waals surface area contributed by atoms with Gasteiger partial charge in [-0.25, -0.2) is 0 Å². The Kier molecular flexibility index (Phi) is 3.47. The molecule has 0 bridgehead atoms. The van der Waals surface area contributed by atoms with Crippen LogP contribution < -0.4 is 4.90 Å². The molecular formula is C11H18N2O. The molecule has 0 atom stereocenters. The second-order valence-electron chi connectivity index (χ2n) is 4.19. The first-order chi connectivity index (χ1) is 6.49. The summed E-state index contributed by atoms with van der Waals surface area (Å²) >= 11 is 0. The van der Waals surface area contributed by atoms with Crippen molar-refractivity contribution < 1.29 is 5.11 Å². The first-order valence-corrected chi connectivity index (χ1v) is 4.82. The third kappa shape index (κ3) is 3.75. The number of hydrogen-bond donors (Lipinski definition) is 1. The molecule has 1 aromatic rings. The molecule has 0 saturated heterocycles. The van der Waals surface area contributed by atoms with Gasteiger partial charge in [0.15, 0.2) is 0 Å². The van der Waals surface area contributed by atoms with Crippen molar-refractivity contribution in [2.75, 3.05) is 18.5 Å². The van der Waals surface area contributed by atoms with Crippen LogP contribution in [0.3, 0.4) is 0 Å². The van der Waals surface area contributed by atoms with E-state index in [9.17, 15) is 5.11 Å². The summed E-state index contributed by atoms with van der Waals surface area (Å²) in [4.78, 5) is 6.07. The monoisotopic (exact) mass is 194 g/mol. The largest absolute Gasteiger partial charge is 0.390 e. The number of nitrogens with zero attached hydrogens (tertiary/aromatic N) is 2. The van der Waals surface area contributed by atoms with Gasteiger partial charge in [0.25, 0.3) is 0 Å². The average Bonchev–Trinajstić information content (AvgIpc) is 2.14. The Bertz CT molecular complexity index is 266. The molecule has 0 saturated carbocycles. The van der Waals surface area contributed by atoms with Crippen LogP contribution in [0.2, 0.25) is 0 Å². The molecule has 0 aliphatic rings. The molecule has 0 amide bonds. The smallest absolute Gasteiger partial charge is 0.0608 e. The van der Waals surface area contributed by atoms with Gasteiger partial charge in [-0.15, -0.1) is 0 Å². The van der Waals surface area contributed by atoms with Gasteiger partial charge in [-0.2, -0.15) is 0 Å². The summed E-state index contributed by atoms with van der Waals surface area (Å²) in [7, 11) is 2.01. The predicted molar refractivity (Wildman–Crippen MR) is 58.4 cm³/mol. The van der Waals surface area contributed by atoms with Gasteiger partial charge in [-0.05, 0) is 32.4 Å². The minimum absolute atomic E-state index is 0.596. The second-order valence-corrected chi connectivity index (χ2v) is 4.19. The highest BCUT2D eigenvalue weighted by Crippen LogP contribution is 2.13. The molecule has 3 nitrogen and oxygen atoms in total. The molecule has 1 N–H and O–H groups in total. The predicted octanol–water partition coefficient (Wildman–Crippen LogP) is 1.68. The molecule has 3 heteroatoms. The molecule has 78 valence electrons. The Morgan fingerprint density at radius 1 is 1.36 bits per heavy atom. The zero-order chi connectivity index (χ0) is 10.6. The van der Waals surface area contributed by atoms with Crippen molar-refractivity contribution in [1.29, 1.82) is 0 Å². The summed E-state index contributed by atoms with van der Waals surface area (Å²) in [6.07, 6.45) is 4.30. The Morgan fingerprint density at radius 2 is 1.93 bits per heavy atom. The summed E-state index contributed by atoms with van der Waals surface area (Å²) in [5.74, 6) is 0. The van der Waals surface area contributed by atoms with Crippen molar-refractivity contribution >= 4 is 5.69 Å². The van der Waals surface area contributed by atoms with Crippen molar-refractivity contribution in [2.24, 2.45) is 0 Å². The highest BCUT2D eigenvalue weighted by molar-refractivity contribution is 5.43. The van der Waals surface area contributed by atoms with E-state index in [0.29, 0.717) is 0 Å².